The molecule has 1 aliphatic heterocycles. The summed E-state index contributed by atoms with van der Waals surface area (Å²) in [5.41, 5.74) is 7.82. The minimum Gasteiger partial charge on any atom is -0.474 e. The molecule has 3 N–H and O–H groups in total. The number of hydrogen-bond donors (Lipinski definition) is 2. The van der Waals surface area contributed by atoms with E-state index in [0.717, 1.165) is 11.1 Å². The van der Waals surface area contributed by atoms with Gasteiger partial charge in [0.2, 0.25) is 5.94 Å². The van der Waals surface area contributed by atoms with Gasteiger partial charge in [-0.2, -0.15) is 5.10 Å². The van der Waals surface area contributed by atoms with E-state index in [2.05, 4.69) is 9.82 Å². The molecule has 0 unspecified atom stereocenters. The zero-order valence-electron chi connectivity index (χ0n) is 10.1. The largest absolute Gasteiger partial charge is 0.474 e. The lowest BCUT2D eigenvalue weighted by Crippen LogP contribution is -2.25. The van der Waals surface area contributed by atoms with Crippen LogP contribution in [0.25, 0.3) is 11.1 Å². The molecule has 0 radical (unpaired) electrons. The average molecular weight is 280 g/mol. The van der Waals surface area contributed by atoms with E-state index in [1.165, 1.54) is 0 Å². The fourth-order valence-electron chi connectivity index (χ4n) is 1.91. The number of sulfonamides is 1. The molecule has 3 rings (SSSR count). The lowest BCUT2D eigenvalue weighted by Gasteiger charge is -2.19. The normalized spacial score (nSPS) is 16.3. The molecule has 0 saturated carbocycles. The molecular formula is C11H12N4O3S. The smallest absolute Gasteiger partial charge is 0.268 e. The molecule has 0 bridgehead atoms. The highest BCUT2D eigenvalue weighted by atomic mass is 32.2. The highest BCUT2D eigenvalue weighted by Crippen LogP contribution is 2.35. The first-order valence-corrected chi connectivity index (χ1v) is 7.17. The SMILES string of the molecule is Cn1ncc(-c2ccc3c(c2)NS(=O)(=O)CO3)c1N. The predicted octanol–water partition coefficient (Wildman–Crippen LogP) is 0.761. The summed E-state index contributed by atoms with van der Waals surface area (Å²) in [5, 5.41) is 4.05. The van der Waals surface area contributed by atoms with E-state index >= 15 is 0 Å². The average Bonchev–Trinajstić information content (AvgIpc) is 2.68. The van der Waals surface area contributed by atoms with E-state index in [0.29, 0.717) is 17.3 Å². The second kappa shape index (κ2) is 3.89. The van der Waals surface area contributed by atoms with Crippen LogP contribution in [-0.4, -0.2) is 24.1 Å². The molecule has 7 nitrogen and oxygen atoms in total. The van der Waals surface area contributed by atoms with Crippen molar-refractivity contribution >= 4 is 21.5 Å². The van der Waals surface area contributed by atoms with Gasteiger partial charge in [0, 0.05) is 12.6 Å². The third kappa shape index (κ3) is 1.99. The van der Waals surface area contributed by atoms with Crippen molar-refractivity contribution in [3.8, 4) is 16.9 Å². The van der Waals surface area contributed by atoms with Crippen molar-refractivity contribution in [2.75, 3.05) is 16.4 Å². The van der Waals surface area contributed by atoms with Crippen molar-refractivity contribution in [2.45, 2.75) is 0 Å². The number of nitrogens with two attached hydrogens (primary N) is 1. The van der Waals surface area contributed by atoms with Crippen molar-refractivity contribution in [1.29, 1.82) is 0 Å². The summed E-state index contributed by atoms with van der Waals surface area (Å²) in [4.78, 5) is 0. The van der Waals surface area contributed by atoms with Crippen LogP contribution in [-0.2, 0) is 17.1 Å². The Morgan fingerprint density at radius 2 is 2.26 bits per heavy atom. The Labute approximate surface area is 110 Å². The van der Waals surface area contributed by atoms with Gasteiger partial charge < -0.3 is 10.5 Å². The van der Waals surface area contributed by atoms with Gasteiger partial charge in [-0.25, -0.2) is 8.42 Å². The molecule has 100 valence electrons. The van der Waals surface area contributed by atoms with Gasteiger partial charge in [-0.1, -0.05) is 6.07 Å². The summed E-state index contributed by atoms with van der Waals surface area (Å²) in [6.07, 6.45) is 1.63. The number of nitrogen functional groups attached to an aromatic ring is 1. The number of fused-ring (bicyclic) bond motifs is 1. The van der Waals surface area contributed by atoms with E-state index in [4.69, 9.17) is 10.5 Å². The first kappa shape index (κ1) is 11.8. The van der Waals surface area contributed by atoms with E-state index in [1.54, 1.807) is 30.1 Å². The number of rotatable bonds is 1. The van der Waals surface area contributed by atoms with Crippen molar-refractivity contribution in [3.63, 3.8) is 0 Å². The Kier molecular flexibility index (Phi) is 2.42. The van der Waals surface area contributed by atoms with Gasteiger partial charge in [0.15, 0.2) is 0 Å². The maximum atomic E-state index is 11.5. The van der Waals surface area contributed by atoms with Crippen molar-refractivity contribution in [1.82, 2.24) is 9.78 Å². The molecule has 0 fully saturated rings. The fourth-order valence-corrected chi connectivity index (χ4v) is 2.75. The standard InChI is InChI=1S/C11H12N4O3S/c1-15-11(12)8(5-13-15)7-2-3-10-9(4-7)14-19(16,17)6-18-10/h2-5,14H,6,12H2,1H3. The van der Waals surface area contributed by atoms with Crippen molar-refractivity contribution in [3.05, 3.63) is 24.4 Å². The number of nitrogens with zero attached hydrogens (tertiary/aromatic N) is 2. The molecule has 2 aromatic rings. The number of hydrogen-bond acceptors (Lipinski definition) is 5. The Morgan fingerprint density at radius 1 is 1.47 bits per heavy atom. The summed E-state index contributed by atoms with van der Waals surface area (Å²) < 4.78 is 32.1. The molecular weight excluding hydrogens is 268 g/mol. The predicted molar refractivity (Wildman–Crippen MR) is 71.1 cm³/mol. The number of ether oxygens (including phenoxy) is 1. The van der Waals surface area contributed by atoms with Gasteiger partial charge in [-0.05, 0) is 17.7 Å². The maximum absolute atomic E-state index is 11.5. The number of anilines is 2. The number of aryl methyl sites for hydroxylation is 1. The second-order valence-corrected chi connectivity index (χ2v) is 5.93. The van der Waals surface area contributed by atoms with Crippen molar-refractivity contribution < 1.29 is 13.2 Å². The van der Waals surface area contributed by atoms with Crippen LogP contribution in [0.1, 0.15) is 0 Å². The zero-order valence-corrected chi connectivity index (χ0v) is 10.9. The Balaban J connectivity index is 2.09. The first-order valence-electron chi connectivity index (χ1n) is 5.51. The molecule has 0 atom stereocenters. The van der Waals surface area contributed by atoms with Gasteiger partial charge in [0.1, 0.15) is 11.6 Å². The second-order valence-electron chi connectivity index (χ2n) is 4.26. The summed E-state index contributed by atoms with van der Waals surface area (Å²) in [6, 6.07) is 5.20. The molecule has 0 amide bonds. The monoisotopic (exact) mass is 280 g/mol. The number of aromatic nitrogens is 2. The summed E-state index contributed by atoms with van der Waals surface area (Å²) in [7, 11) is -1.69. The minimum atomic E-state index is -3.42. The lowest BCUT2D eigenvalue weighted by molar-refractivity contribution is 0.374. The van der Waals surface area contributed by atoms with Crippen LogP contribution in [0.3, 0.4) is 0 Å². The fraction of sp³-hybridized carbons (Fsp3) is 0.182. The lowest BCUT2D eigenvalue weighted by atomic mass is 10.1. The third-order valence-electron chi connectivity index (χ3n) is 2.91. The van der Waals surface area contributed by atoms with E-state index < -0.39 is 10.0 Å². The van der Waals surface area contributed by atoms with Crippen LogP contribution in [0.5, 0.6) is 5.75 Å². The molecule has 8 heteroatoms. The molecule has 1 aromatic heterocycles. The summed E-state index contributed by atoms with van der Waals surface area (Å²) in [6.45, 7) is 0. The highest BCUT2D eigenvalue weighted by Gasteiger charge is 2.22. The van der Waals surface area contributed by atoms with Crippen LogP contribution >= 0.6 is 0 Å². The molecule has 1 aromatic carbocycles. The quantitative estimate of drug-likeness (QED) is 0.803. The zero-order chi connectivity index (χ0) is 13.6. The van der Waals surface area contributed by atoms with Crippen LogP contribution in [0.15, 0.2) is 24.4 Å². The van der Waals surface area contributed by atoms with Gasteiger partial charge in [0.25, 0.3) is 10.0 Å². The number of nitrogens with one attached hydrogen (secondary N) is 1. The van der Waals surface area contributed by atoms with Gasteiger partial charge in [-0.15, -0.1) is 0 Å². The molecule has 0 spiro atoms. The van der Waals surface area contributed by atoms with Gasteiger partial charge in [0.05, 0.1) is 11.9 Å². The molecule has 1 aliphatic rings. The molecule has 19 heavy (non-hydrogen) atoms. The summed E-state index contributed by atoms with van der Waals surface area (Å²) >= 11 is 0. The van der Waals surface area contributed by atoms with E-state index in [-0.39, 0.29) is 5.94 Å². The molecule has 0 saturated heterocycles. The van der Waals surface area contributed by atoms with E-state index in [1.807, 2.05) is 6.07 Å². The minimum absolute atomic E-state index is 0.367. The highest BCUT2D eigenvalue weighted by molar-refractivity contribution is 7.92. The van der Waals surface area contributed by atoms with Gasteiger partial charge in [-0.3, -0.25) is 9.40 Å². The Morgan fingerprint density at radius 3 is 2.95 bits per heavy atom. The number of benzene rings is 1. The van der Waals surface area contributed by atoms with Crippen LogP contribution < -0.4 is 15.2 Å². The van der Waals surface area contributed by atoms with Gasteiger partial charge >= 0.3 is 0 Å². The van der Waals surface area contributed by atoms with Crippen LogP contribution in [0, 0.1) is 0 Å². The summed E-state index contributed by atoms with van der Waals surface area (Å²) in [5.74, 6) is 0.648. The molecule has 2 heterocycles. The Bertz CT molecular complexity index is 751. The third-order valence-corrected chi connectivity index (χ3v) is 3.87. The van der Waals surface area contributed by atoms with Crippen LogP contribution in [0.2, 0.25) is 0 Å². The van der Waals surface area contributed by atoms with E-state index in [9.17, 15) is 8.42 Å². The molecule has 0 aliphatic carbocycles. The van der Waals surface area contributed by atoms with Crippen LogP contribution in [0.4, 0.5) is 11.5 Å². The van der Waals surface area contributed by atoms with Crippen molar-refractivity contribution in [2.24, 2.45) is 7.05 Å². The Hall–Kier alpha value is -2.22. The first-order chi connectivity index (χ1) is 8.96. The maximum Gasteiger partial charge on any atom is 0.268 e. The topological polar surface area (TPSA) is 99.2 Å².